The van der Waals surface area contributed by atoms with Crippen molar-refractivity contribution < 1.29 is 9.90 Å². The zero-order valence-electron chi connectivity index (χ0n) is 7.30. The van der Waals surface area contributed by atoms with Gasteiger partial charge in [0.25, 0.3) is 0 Å². The fraction of sp³-hybridized carbons (Fsp3) is 0.875. The number of aliphatic hydroxyl groups is 1. The van der Waals surface area contributed by atoms with Crippen molar-refractivity contribution in [1.82, 2.24) is 5.32 Å². The van der Waals surface area contributed by atoms with E-state index in [1.165, 1.54) is 0 Å². The molecule has 1 amide bonds. The molecule has 2 atom stereocenters. The first-order valence-electron chi connectivity index (χ1n) is 4.02. The van der Waals surface area contributed by atoms with Gasteiger partial charge in [-0.15, -0.1) is 11.6 Å². The van der Waals surface area contributed by atoms with Crippen molar-refractivity contribution in [3.05, 3.63) is 0 Å². The number of aliphatic hydroxyl groups excluding tert-OH is 1. The smallest absolute Gasteiger partial charge is 0.235 e. The summed E-state index contributed by atoms with van der Waals surface area (Å²) >= 11 is 5.33. The minimum atomic E-state index is -0.307. The third-order valence-electron chi connectivity index (χ3n) is 2.67. The molecule has 1 fully saturated rings. The zero-order chi connectivity index (χ0) is 9.35. The fourth-order valence-corrected chi connectivity index (χ4v) is 1.46. The van der Waals surface area contributed by atoms with Crippen LogP contribution >= 0.6 is 11.6 Å². The molecule has 70 valence electrons. The summed E-state index contributed by atoms with van der Waals surface area (Å²) in [6.45, 7) is 3.86. The van der Waals surface area contributed by atoms with E-state index in [1.54, 1.807) is 0 Å². The molecule has 0 aromatic rings. The second-order valence-corrected chi connectivity index (χ2v) is 4.09. The monoisotopic (exact) mass is 191 g/mol. The van der Waals surface area contributed by atoms with Crippen LogP contribution in [-0.2, 0) is 4.79 Å². The van der Waals surface area contributed by atoms with E-state index in [2.05, 4.69) is 5.32 Å². The molecule has 2 N–H and O–H groups in total. The molecule has 0 saturated heterocycles. The molecule has 1 aliphatic rings. The number of hydrogen-bond acceptors (Lipinski definition) is 2. The van der Waals surface area contributed by atoms with Crippen LogP contribution in [0.25, 0.3) is 0 Å². The van der Waals surface area contributed by atoms with Crippen molar-refractivity contribution in [3.63, 3.8) is 0 Å². The molecular weight excluding hydrogens is 178 g/mol. The summed E-state index contributed by atoms with van der Waals surface area (Å²) in [6, 6.07) is 0.0683. The van der Waals surface area contributed by atoms with E-state index in [4.69, 9.17) is 11.6 Å². The quantitative estimate of drug-likeness (QED) is 0.625. The highest BCUT2D eigenvalue weighted by Gasteiger charge is 2.47. The average Bonchev–Trinajstić information content (AvgIpc) is 2.03. The Morgan fingerprint density at radius 1 is 1.75 bits per heavy atom. The standard InChI is InChI=1S/C8H14ClNO2/c1-8(2)5(3-6(8)11)10-7(12)4-9/h5-6,11H,3-4H2,1-2H3,(H,10,12). The normalized spacial score (nSPS) is 32.3. The highest BCUT2D eigenvalue weighted by molar-refractivity contribution is 6.27. The highest BCUT2D eigenvalue weighted by atomic mass is 35.5. The summed E-state index contributed by atoms with van der Waals surface area (Å²) in [5, 5.41) is 12.1. The van der Waals surface area contributed by atoms with Gasteiger partial charge in [-0.05, 0) is 6.42 Å². The molecule has 4 heteroatoms. The second kappa shape index (κ2) is 3.23. The predicted octanol–water partition coefficient (Wildman–Crippen LogP) is 0.501. The van der Waals surface area contributed by atoms with Crippen LogP contribution in [0.2, 0.25) is 0 Å². The molecule has 1 rings (SSSR count). The topological polar surface area (TPSA) is 49.3 Å². The molecule has 12 heavy (non-hydrogen) atoms. The summed E-state index contributed by atoms with van der Waals surface area (Å²) in [7, 11) is 0. The molecule has 2 unspecified atom stereocenters. The van der Waals surface area contributed by atoms with Crippen LogP contribution in [0.1, 0.15) is 20.3 Å². The summed E-state index contributed by atoms with van der Waals surface area (Å²) in [5.74, 6) is -0.176. The lowest BCUT2D eigenvalue weighted by atomic mass is 9.64. The largest absolute Gasteiger partial charge is 0.392 e. The fourth-order valence-electron chi connectivity index (χ4n) is 1.38. The van der Waals surface area contributed by atoms with Gasteiger partial charge in [0.15, 0.2) is 0 Å². The van der Waals surface area contributed by atoms with Crippen LogP contribution in [-0.4, -0.2) is 29.0 Å². The van der Waals surface area contributed by atoms with Crippen molar-refractivity contribution >= 4 is 17.5 Å². The Kier molecular flexibility index (Phi) is 2.64. The summed E-state index contributed by atoms with van der Waals surface area (Å²) in [4.78, 5) is 10.9. The molecule has 0 radical (unpaired) electrons. The first-order valence-corrected chi connectivity index (χ1v) is 4.55. The maximum absolute atomic E-state index is 10.9. The number of carbonyl (C=O) groups excluding carboxylic acids is 1. The molecule has 1 saturated carbocycles. The average molecular weight is 192 g/mol. The zero-order valence-corrected chi connectivity index (χ0v) is 8.06. The maximum atomic E-state index is 10.9. The van der Waals surface area contributed by atoms with Gasteiger partial charge < -0.3 is 10.4 Å². The summed E-state index contributed by atoms with van der Waals surface area (Å²) < 4.78 is 0. The second-order valence-electron chi connectivity index (χ2n) is 3.83. The Morgan fingerprint density at radius 2 is 2.33 bits per heavy atom. The van der Waals surface area contributed by atoms with E-state index in [0.717, 1.165) is 0 Å². The van der Waals surface area contributed by atoms with E-state index in [0.29, 0.717) is 6.42 Å². The third-order valence-corrected chi connectivity index (χ3v) is 2.92. The minimum Gasteiger partial charge on any atom is -0.392 e. The van der Waals surface area contributed by atoms with Crippen LogP contribution in [0.15, 0.2) is 0 Å². The van der Waals surface area contributed by atoms with Crippen molar-refractivity contribution in [1.29, 1.82) is 0 Å². The number of hydrogen-bond donors (Lipinski definition) is 2. The Balaban J connectivity index is 2.42. The lowest BCUT2D eigenvalue weighted by molar-refractivity contribution is -0.126. The molecule has 0 aromatic carbocycles. The highest BCUT2D eigenvalue weighted by Crippen LogP contribution is 2.40. The van der Waals surface area contributed by atoms with E-state index in [1.807, 2.05) is 13.8 Å². The molecule has 0 aliphatic heterocycles. The van der Waals surface area contributed by atoms with Crippen LogP contribution < -0.4 is 5.32 Å². The van der Waals surface area contributed by atoms with Gasteiger partial charge in [0.1, 0.15) is 5.88 Å². The lowest BCUT2D eigenvalue weighted by Gasteiger charge is -2.49. The van der Waals surface area contributed by atoms with Gasteiger partial charge in [-0.1, -0.05) is 13.8 Å². The van der Waals surface area contributed by atoms with Gasteiger partial charge in [0.2, 0.25) is 5.91 Å². The van der Waals surface area contributed by atoms with Crippen LogP contribution in [0.5, 0.6) is 0 Å². The van der Waals surface area contributed by atoms with Crippen LogP contribution in [0.4, 0.5) is 0 Å². The molecule has 0 aromatic heterocycles. The maximum Gasteiger partial charge on any atom is 0.235 e. The summed E-state index contributed by atoms with van der Waals surface area (Å²) in [6.07, 6.45) is 0.327. The van der Waals surface area contributed by atoms with E-state index < -0.39 is 0 Å². The minimum absolute atomic E-state index is 0.0112. The Labute approximate surface area is 77.1 Å². The molecule has 0 bridgehead atoms. The number of rotatable bonds is 2. The predicted molar refractivity (Wildman–Crippen MR) is 47.1 cm³/mol. The van der Waals surface area contributed by atoms with Gasteiger partial charge >= 0.3 is 0 Å². The lowest BCUT2D eigenvalue weighted by Crippen LogP contribution is -2.61. The molecule has 3 nitrogen and oxygen atoms in total. The van der Waals surface area contributed by atoms with Gasteiger partial charge in [-0.3, -0.25) is 4.79 Å². The van der Waals surface area contributed by atoms with Crippen molar-refractivity contribution in [2.45, 2.75) is 32.4 Å². The SMILES string of the molecule is CC1(C)C(O)CC1NC(=O)CCl. The molecule has 1 aliphatic carbocycles. The Hall–Kier alpha value is -0.280. The van der Waals surface area contributed by atoms with Gasteiger partial charge in [-0.25, -0.2) is 0 Å². The third kappa shape index (κ3) is 1.57. The van der Waals surface area contributed by atoms with E-state index in [9.17, 15) is 9.90 Å². The van der Waals surface area contributed by atoms with Crippen LogP contribution in [0.3, 0.4) is 0 Å². The first kappa shape index (κ1) is 9.81. The van der Waals surface area contributed by atoms with E-state index in [-0.39, 0.29) is 29.3 Å². The van der Waals surface area contributed by atoms with Gasteiger partial charge in [-0.2, -0.15) is 0 Å². The Morgan fingerprint density at radius 3 is 2.67 bits per heavy atom. The first-order chi connectivity index (χ1) is 5.48. The number of halogens is 1. The molecular formula is C8H14ClNO2. The number of amides is 1. The van der Waals surface area contributed by atoms with Crippen LogP contribution in [0, 0.1) is 5.41 Å². The number of alkyl halides is 1. The van der Waals surface area contributed by atoms with Crippen molar-refractivity contribution in [2.75, 3.05) is 5.88 Å². The number of carbonyl (C=O) groups is 1. The van der Waals surface area contributed by atoms with Crippen molar-refractivity contribution in [3.8, 4) is 0 Å². The molecule has 0 spiro atoms. The summed E-state index contributed by atoms with van der Waals surface area (Å²) in [5.41, 5.74) is -0.207. The number of nitrogens with one attached hydrogen (secondary N) is 1. The van der Waals surface area contributed by atoms with Gasteiger partial charge in [0.05, 0.1) is 6.10 Å². The van der Waals surface area contributed by atoms with Crippen molar-refractivity contribution in [2.24, 2.45) is 5.41 Å². The Bertz CT molecular complexity index is 193. The van der Waals surface area contributed by atoms with E-state index >= 15 is 0 Å². The van der Waals surface area contributed by atoms with Gasteiger partial charge in [0, 0.05) is 11.5 Å². The molecule has 0 heterocycles.